The van der Waals surface area contributed by atoms with Gasteiger partial charge in [-0.15, -0.1) is 0 Å². The summed E-state index contributed by atoms with van der Waals surface area (Å²) in [6, 6.07) is 34.4. The second-order valence-electron chi connectivity index (χ2n) is 17.3. The van der Waals surface area contributed by atoms with Gasteiger partial charge in [0, 0.05) is 36.8 Å². The molecule has 1 saturated heterocycles. The molecule has 14 nitrogen and oxygen atoms in total. The van der Waals surface area contributed by atoms with Crippen LogP contribution in [0.3, 0.4) is 0 Å². The minimum atomic E-state index is -3.88. The molecule has 2 heterocycles. The molecule has 5 aromatic carbocycles. The van der Waals surface area contributed by atoms with Gasteiger partial charge in [-0.25, -0.2) is 32.0 Å². The summed E-state index contributed by atoms with van der Waals surface area (Å²) in [5, 5.41) is 17.9. The number of fused-ring (bicyclic) bond motifs is 1. The Bertz CT molecular complexity index is 2680. The van der Waals surface area contributed by atoms with Crippen molar-refractivity contribution in [2.45, 2.75) is 87.2 Å². The third kappa shape index (κ3) is 11.0. The molecule has 5 aromatic rings. The second kappa shape index (κ2) is 21.6. The Balaban J connectivity index is 1.23. The van der Waals surface area contributed by atoms with Crippen molar-refractivity contribution >= 4 is 45.2 Å². The lowest BCUT2D eigenvalue weighted by Gasteiger charge is -2.42. The Labute approximate surface area is 395 Å². The molecule has 0 unspecified atom stereocenters. The first-order valence-corrected chi connectivity index (χ1v) is 24.2. The van der Waals surface area contributed by atoms with E-state index in [4.69, 9.17) is 18.9 Å². The number of nitrogens with one attached hydrogen (secondary N) is 2. The number of ether oxygens (including phenoxy) is 4. The van der Waals surface area contributed by atoms with E-state index in [1.807, 2.05) is 32.8 Å². The van der Waals surface area contributed by atoms with Gasteiger partial charge >= 0.3 is 23.9 Å². The van der Waals surface area contributed by atoms with E-state index in [0.717, 1.165) is 12.1 Å². The van der Waals surface area contributed by atoms with Crippen LogP contribution < -0.4 is 15.5 Å². The van der Waals surface area contributed by atoms with Crippen molar-refractivity contribution < 1.29 is 56.0 Å². The van der Waals surface area contributed by atoms with Crippen LogP contribution in [0.1, 0.15) is 87.6 Å². The van der Waals surface area contributed by atoms with Crippen LogP contribution in [-0.2, 0) is 28.8 Å². The fourth-order valence-corrected chi connectivity index (χ4v) is 11.1. The highest BCUT2D eigenvalue weighted by molar-refractivity contribution is 7.91. The van der Waals surface area contributed by atoms with E-state index in [1.165, 1.54) is 36.4 Å². The first-order chi connectivity index (χ1) is 32.6. The second-order valence-corrected chi connectivity index (χ2v) is 19.3. The molecule has 2 aliphatic heterocycles. The summed E-state index contributed by atoms with van der Waals surface area (Å²) in [5.41, 5.74) is 1.21. The molecular weight excluding hydrogens is 894 g/mol. The van der Waals surface area contributed by atoms with Crippen LogP contribution in [0.15, 0.2) is 138 Å². The van der Waals surface area contributed by atoms with Gasteiger partial charge < -0.3 is 39.6 Å². The van der Waals surface area contributed by atoms with Gasteiger partial charge in [-0.3, -0.25) is 0 Å². The molecule has 0 saturated carbocycles. The average molecular weight is 950 g/mol. The average Bonchev–Trinajstić information content (AvgIpc) is 3.41. The molecule has 0 bridgehead atoms. The summed E-state index contributed by atoms with van der Waals surface area (Å²) in [5.74, 6) is -3.78. The zero-order valence-electron chi connectivity index (χ0n) is 38.2. The van der Waals surface area contributed by atoms with E-state index in [1.54, 1.807) is 97.1 Å². The van der Waals surface area contributed by atoms with Gasteiger partial charge in [0.25, 0.3) is 0 Å². The Morgan fingerprint density at radius 2 is 1.37 bits per heavy atom. The maximum atomic E-state index is 16.9. The van der Waals surface area contributed by atoms with Crippen LogP contribution in [0.5, 0.6) is 0 Å². The molecule has 68 heavy (non-hydrogen) atoms. The molecule has 1 fully saturated rings. The lowest BCUT2D eigenvalue weighted by atomic mass is 9.69. The number of nitrogens with zero attached hydrogens (tertiary/aromatic N) is 1. The smallest absolute Gasteiger partial charge is 0.338 e. The topological polar surface area (TPSA) is 187 Å². The van der Waals surface area contributed by atoms with E-state index in [9.17, 15) is 32.7 Å². The third-order valence-corrected chi connectivity index (χ3v) is 14.6. The summed E-state index contributed by atoms with van der Waals surface area (Å²) < 4.78 is 68.5. The number of halogens is 1. The van der Waals surface area contributed by atoms with Crippen LogP contribution >= 0.6 is 0 Å². The Morgan fingerprint density at radius 1 is 0.779 bits per heavy atom. The molecule has 16 heteroatoms. The van der Waals surface area contributed by atoms with E-state index in [0.29, 0.717) is 30.4 Å². The fourth-order valence-electron chi connectivity index (χ4n) is 8.87. The Hall–Kier alpha value is -6.62. The number of anilines is 2. The van der Waals surface area contributed by atoms with Crippen LogP contribution in [-0.4, -0.2) is 101 Å². The van der Waals surface area contributed by atoms with Crippen molar-refractivity contribution in [1.82, 2.24) is 5.32 Å². The number of carbonyl (C=O) groups excluding carboxylic acids is 4. The number of rotatable bonds is 15. The fraction of sp³-hybridized carbons (Fsp3) is 0.346. The van der Waals surface area contributed by atoms with Crippen molar-refractivity contribution in [3.63, 3.8) is 0 Å². The number of amides is 2. The molecule has 0 aliphatic carbocycles. The van der Waals surface area contributed by atoms with Gasteiger partial charge in [0.2, 0.25) is 0 Å². The molecule has 358 valence electrons. The standard InChI is InChI=1S/C52H56FN3O11S/c1-5-7-28-52(6-2)32-68(62,63)41-27-26-38(56(3)4)30-39(41)42(46(52)57)36-24-17-25-37(29-36)54-51(61)55-47-45(67-50(60)35-22-15-10-16-23-35)44(66-49(59)34-20-13-9-14-21-34)43(53)40(65-47)31-64-48(58)33-18-11-8-12-19-33/h8-27,29-30,40,42-47,57H,5-7,28,31-32H2,1-4H3,(H2,54,55,61)/t40-,42-,43-,44+,45-,46-,47-,52-/m1/s1. The molecule has 2 amide bonds. The molecule has 2 aliphatic rings. The molecule has 0 spiro atoms. The molecule has 0 radical (unpaired) electrons. The van der Waals surface area contributed by atoms with Gasteiger partial charge in [0.1, 0.15) is 12.7 Å². The molecule has 0 aromatic heterocycles. The van der Waals surface area contributed by atoms with Crippen molar-refractivity contribution in [1.29, 1.82) is 0 Å². The molecule has 8 atom stereocenters. The van der Waals surface area contributed by atoms with Gasteiger partial charge in [-0.1, -0.05) is 93.4 Å². The zero-order chi connectivity index (χ0) is 48.6. The number of hydrogen-bond donors (Lipinski definition) is 3. The van der Waals surface area contributed by atoms with Crippen molar-refractivity contribution in [2.24, 2.45) is 5.41 Å². The van der Waals surface area contributed by atoms with Crippen LogP contribution in [0.2, 0.25) is 0 Å². The minimum absolute atomic E-state index is 0.0620. The zero-order valence-corrected chi connectivity index (χ0v) is 39.1. The number of aliphatic hydroxyl groups is 1. The van der Waals surface area contributed by atoms with Crippen LogP contribution in [0.25, 0.3) is 0 Å². The maximum Gasteiger partial charge on any atom is 0.338 e. The first-order valence-electron chi connectivity index (χ1n) is 22.6. The van der Waals surface area contributed by atoms with Gasteiger partial charge in [-0.2, -0.15) is 0 Å². The number of carbonyl (C=O) groups is 4. The van der Waals surface area contributed by atoms with Crippen molar-refractivity contribution in [3.8, 4) is 0 Å². The summed E-state index contributed by atoms with van der Waals surface area (Å²) in [4.78, 5) is 56.4. The number of urea groups is 1. The number of benzene rings is 5. The van der Waals surface area contributed by atoms with Gasteiger partial charge in [-0.05, 0) is 90.7 Å². The Morgan fingerprint density at radius 3 is 1.94 bits per heavy atom. The highest BCUT2D eigenvalue weighted by Crippen LogP contribution is 2.49. The normalized spacial score (nSPS) is 24.0. The van der Waals surface area contributed by atoms with Crippen LogP contribution in [0, 0.1) is 5.41 Å². The summed E-state index contributed by atoms with van der Waals surface area (Å²) >= 11 is 0. The summed E-state index contributed by atoms with van der Waals surface area (Å²) in [6.45, 7) is 3.21. The number of sulfone groups is 1. The van der Waals surface area contributed by atoms with E-state index in [-0.39, 0.29) is 33.0 Å². The number of unbranched alkanes of at least 4 members (excludes halogenated alkanes) is 1. The lowest BCUT2D eigenvalue weighted by molar-refractivity contribution is -0.216. The Kier molecular flexibility index (Phi) is 15.6. The molecule has 3 N–H and O–H groups in total. The SMILES string of the molecule is CCCC[C@]1(CC)CS(=O)(=O)c2ccc(N(C)C)cc2[C@@H](c2cccc(NC(=O)N[C@@H]3O[C@H](COC(=O)c4ccccc4)[C@@H](F)[C@H](OC(=O)c4ccccc4)[C@H]3OC(=O)c3ccccc3)c2)[C@H]1O. The third-order valence-electron chi connectivity index (χ3n) is 12.6. The maximum absolute atomic E-state index is 16.9. The lowest BCUT2D eigenvalue weighted by Crippen LogP contribution is -2.64. The number of esters is 3. The van der Waals surface area contributed by atoms with Gasteiger partial charge in [0.05, 0.1) is 33.4 Å². The monoisotopic (exact) mass is 949 g/mol. The highest BCUT2D eigenvalue weighted by Gasteiger charge is 2.53. The summed E-state index contributed by atoms with van der Waals surface area (Å²) in [7, 11) is -0.199. The largest absolute Gasteiger partial charge is 0.459 e. The molecule has 7 rings (SSSR count). The predicted octanol–water partition coefficient (Wildman–Crippen LogP) is 8.11. The summed E-state index contributed by atoms with van der Waals surface area (Å²) in [6.07, 6.45) is -8.09. The highest BCUT2D eigenvalue weighted by atomic mass is 32.2. The minimum Gasteiger partial charge on any atom is -0.459 e. The number of aliphatic hydroxyl groups excluding tert-OH is 1. The quantitative estimate of drug-likeness (QED) is 0.0677. The van der Waals surface area contributed by atoms with E-state index < -0.39 is 88.5 Å². The predicted molar refractivity (Wildman–Crippen MR) is 253 cm³/mol. The van der Waals surface area contributed by atoms with E-state index >= 15 is 4.39 Å². The van der Waals surface area contributed by atoms with Crippen molar-refractivity contribution in [2.75, 3.05) is 36.7 Å². The number of hydrogen-bond acceptors (Lipinski definition) is 12. The first kappa shape index (κ1) is 49.3. The number of alkyl halides is 1. The van der Waals surface area contributed by atoms with Crippen LogP contribution in [0.4, 0.5) is 20.6 Å². The van der Waals surface area contributed by atoms with Gasteiger partial charge in [0.15, 0.2) is 34.4 Å². The van der Waals surface area contributed by atoms with E-state index in [2.05, 4.69) is 10.6 Å². The van der Waals surface area contributed by atoms with Crippen molar-refractivity contribution in [3.05, 3.63) is 161 Å². The molecular formula is C52H56FN3O11S.